The number of amides is 2. The minimum Gasteiger partial charge on any atom is -0.481 e. The second kappa shape index (κ2) is 7.26. The first kappa shape index (κ1) is 17.2. The molecule has 21 heavy (non-hydrogen) atoms. The Balaban J connectivity index is 2.60. The molecule has 0 aromatic carbocycles. The van der Waals surface area contributed by atoms with E-state index in [1.165, 1.54) is 4.90 Å². The number of aliphatic carboxylic acids is 2. The van der Waals surface area contributed by atoms with Crippen LogP contribution in [0.25, 0.3) is 0 Å². The van der Waals surface area contributed by atoms with Gasteiger partial charge in [-0.1, -0.05) is 0 Å². The molecule has 1 rings (SSSR count). The van der Waals surface area contributed by atoms with Crippen molar-refractivity contribution >= 4 is 18.0 Å². The van der Waals surface area contributed by atoms with Crippen LogP contribution < -0.4 is 5.32 Å². The number of piperidine rings is 1. The molecule has 1 aliphatic rings. The summed E-state index contributed by atoms with van der Waals surface area (Å²) in [5.41, 5.74) is -0.435. The second-order valence-electron chi connectivity index (χ2n) is 5.45. The molecule has 8 heteroatoms. The van der Waals surface area contributed by atoms with Crippen LogP contribution in [0, 0.1) is 0 Å². The molecule has 1 fully saturated rings. The zero-order chi connectivity index (χ0) is 16.0. The third kappa shape index (κ3) is 5.22. The van der Waals surface area contributed by atoms with Gasteiger partial charge in [-0.25, -0.2) is 9.59 Å². The Bertz CT molecular complexity index is 413. The summed E-state index contributed by atoms with van der Waals surface area (Å²) in [5, 5.41) is 20.0. The van der Waals surface area contributed by atoms with E-state index in [0.29, 0.717) is 13.1 Å². The van der Waals surface area contributed by atoms with Crippen molar-refractivity contribution in [3.63, 3.8) is 0 Å². The fourth-order valence-electron chi connectivity index (χ4n) is 2.31. The number of urea groups is 1. The average molecular weight is 302 g/mol. The number of hydrogen-bond acceptors (Lipinski definition) is 4. The Hall–Kier alpha value is -1.83. The van der Waals surface area contributed by atoms with E-state index in [0.717, 1.165) is 12.8 Å². The number of methoxy groups -OCH3 is 1. The summed E-state index contributed by atoms with van der Waals surface area (Å²) < 4.78 is 5.37. The van der Waals surface area contributed by atoms with Crippen molar-refractivity contribution in [2.45, 2.75) is 44.2 Å². The van der Waals surface area contributed by atoms with Gasteiger partial charge in [0.15, 0.2) is 0 Å². The molecule has 1 saturated heterocycles. The highest BCUT2D eigenvalue weighted by Gasteiger charge is 2.34. The van der Waals surface area contributed by atoms with Gasteiger partial charge >= 0.3 is 18.0 Å². The van der Waals surface area contributed by atoms with Crippen LogP contribution in [0.3, 0.4) is 0 Å². The number of nitrogens with one attached hydrogen (secondary N) is 1. The Morgan fingerprint density at radius 2 is 2.05 bits per heavy atom. The Morgan fingerprint density at radius 1 is 1.38 bits per heavy atom. The number of carboxylic acids is 2. The van der Waals surface area contributed by atoms with Crippen LogP contribution in [0.5, 0.6) is 0 Å². The van der Waals surface area contributed by atoms with Gasteiger partial charge in [-0.3, -0.25) is 4.79 Å². The maximum absolute atomic E-state index is 12.1. The van der Waals surface area contributed by atoms with Gasteiger partial charge in [0.1, 0.15) is 6.04 Å². The largest absolute Gasteiger partial charge is 0.481 e. The fourth-order valence-corrected chi connectivity index (χ4v) is 2.31. The van der Waals surface area contributed by atoms with Gasteiger partial charge in [0.25, 0.3) is 0 Å². The number of likely N-dealkylation sites (tertiary alicyclic amines) is 1. The van der Waals surface area contributed by atoms with Gasteiger partial charge in [-0.15, -0.1) is 0 Å². The van der Waals surface area contributed by atoms with Gasteiger partial charge in [-0.2, -0.15) is 0 Å². The highest BCUT2D eigenvalue weighted by Crippen LogP contribution is 2.23. The Labute approximate surface area is 123 Å². The molecule has 0 aliphatic carbocycles. The summed E-state index contributed by atoms with van der Waals surface area (Å²) in [7, 11) is 1.58. The van der Waals surface area contributed by atoms with E-state index < -0.39 is 29.6 Å². The molecule has 0 aromatic heterocycles. The summed E-state index contributed by atoms with van der Waals surface area (Å²) in [6.07, 6.45) is 1.14. The Morgan fingerprint density at radius 3 is 2.57 bits per heavy atom. The number of nitrogens with zero attached hydrogens (tertiary/aromatic N) is 1. The van der Waals surface area contributed by atoms with Crippen LogP contribution in [0.2, 0.25) is 0 Å². The molecule has 120 valence electrons. The lowest BCUT2D eigenvalue weighted by atomic mass is 9.95. The molecule has 0 spiro atoms. The molecule has 2 atom stereocenters. The van der Waals surface area contributed by atoms with Crippen molar-refractivity contribution in [3.05, 3.63) is 0 Å². The van der Waals surface area contributed by atoms with Crippen molar-refractivity contribution in [1.29, 1.82) is 0 Å². The monoisotopic (exact) mass is 302 g/mol. The number of rotatable bonds is 6. The van der Waals surface area contributed by atoms with Crippen molar-refractivity contribution in [2.24, 2.45) is 0 Å². The first-order chi connectivity index (χ1) is 9.77. The predicted molar refractivity (Wildman–Crippen MR) is 73.0 cm³/mol. The van der Waals surface area contributed by atoms with E-state index in [9.17, 15) is 14.4 Å². The number of carboxylic acid groups (broad SMARTS) is 2. The van der Waals surface area contributed by atoms with Crippen LogP contribution in [-0.2, 0) is 14.3 Å². The first-order valence-corrected chi connectivity index (χ1v) is 6.82. The standard InChI is InChI=1S/C13H22N2O6/c1-13(21-2)6-3-7-15(8-13)12(20)14-9(11(18)19)4-5-10(16)17/h9H,3-8H2,1-2H3,(H,14,20)(H,16,17)(H,18,19). The molecule has 1 heterocycles. The molecule has 8 nitrogen and oxygen atoms in total. The molecule has 2 amide bonds. The van der Waals surface area contributed by atoms with Crippen molar-refractivity contribution in [1.82, 2.24) is 10.2 Å². The van der Waals surface area contributed by atoms with E-state index in [1.807, 2.05) is 6.92 Å². The lowest BCUT2D eigenvalue weighted by molar-refractivity contribution is -0.140. The molecule has 2 unspecified atom stereocenters. The number of carbonyl (C=O) groups is 3. The van der Waals surface area contributed by atoms with Crippen LogP contribution in [0.1, 0.15) is 32.6 Å². The minimum absolute atomic E-state index is 0.147. The molecule has 0 saturated carbocycles. The van der Waals surface area contributed by atoms with E-state index in [1.54, 1.807) is 7.11 Å². The maximum Gasteiger partial charge on any atom is 0.326 e. The smallest absolute Gasteiger partial charge is 0.326 e. The lowest BCUT2D eigenvalue weighted by Crippen LogP contribution is -2.55. The van der Waals surface area contributed by atoms with Gasteiger partial charge in [-0.05, 0) is 26.2 Å². The summed E-state index contributed by atoms with van der Waals surface area (Å²) in [6.45, 7) is 2.79. The zero-order valence-corrected chi connectivity index (χ0v) is 12.3. The van der Waals surface area contributed by atoms with Crippen LogP contribution in [0.4, 0.5) is 4.79 Å². The van der Waals surface area contributed by atoms with E-state index in [2.05, 4.69) is 5.32 Å². The minimum atomic E-state index is -1.24. The second-order valence-corrected chi connectivity index (χ2v) is 5.45. The number of ether oxygens (including phenoxy) is 1. The number of hydrogen-bond donors (Lipinski definition) is 3. The molecule has 0 radical (unpaired) electrons. The average Bonchev–Trinajstić information content (AvgIpc) is 2.42. The van der Waals surface area contributed by atoms with Crippen molar-refractivity contribution < 1.29 is 29.3 Å². The van der Waals surface area contributed by atoms with Crippen LogP contribution in [-0.4, -0.2) is 64.9 Å². The van der Waals surface area contributed by atoms with Gasteiger partial charge < -0.3 is 25.2 Å². The highest BCUT2D eigenvalue weighted by molar-refractivity contribution is 5.83. The third-order valence-electron chi connectivity index (χ3n) is 3.68. The normalized spacial score (nSPS) is 23.4. The molecule has 0 aromatic rings. The van der Waals surface area contributed by atoms with Gasteiger partial charge in [0.05, 0.1) is 12.1 Å². The van der Waals surface area contributed by atoms with Gasteiger partial charge in [0.2, 0.25) is 0 Å². The first-order valence-electron chi connectivity index (χ1n) is 6.82. The highest BCUT2D eigenvalue weighted by atomic mass is 16.5. The van der Waals surface area contributed by atoms with Crippen molar-refractivity contribution in [3.8, 4) is 0 Å². The summed E-state index contributed by atoms with van der Waals surface area (Å²) in [4.78, 5) is 35.2. The van der Waals surface area contributed by atoms with Crippen molar-refractivity contribution in [2.75, 3.05) is 20.2 Å². The van der Waals surface area contributed by atoms with Gasteiger partial charge in [0, 0.05) is 20.1 Å². The topological polar surface area (TPSA) is 116 Å². The van der Waals surface area contributed by atoms with Crippen LogP contribution in [0.15, 0.2) is 0 Å². The van der Waals surface area contributed by atoms with E-state index in [-0.39, 0.29) is 12.8 Å². The van der Waals surface area contributed by atoms with Crippen LogP contribution >= 0.6 is 0 Å². The third-order valence-corrected chi connectivity index (χ3v) is 3.68. The molecular weight excluding hydrogens is 280 g/mol. The SMILES string of the molecule is COC1(C)CCCN(C(=O)NC(CCC(=O)O)C(=O)O)C1. The summed E-state index contributed by atoms with van der Waals surface area (Å²) in [6, 6.07) is -1.71. The maximum atomic E-state index is 12.1. The van der Waals surface area contributed by atoms with E-state index >= 15 is 0 Å². The predicted octanol–water partition coefficient (Wildman–Crippen LogP) is 0.515. The fraction of sp³-hybridized carbons (Fsp3) is 0.769. The summed E-state index contributed by atoms with van der Waals surface area (Å²) in [5.74, 6) is -2.34. The molecular formula is C13H22N2O6. The number of carbonyl (C=O) groups excluding carboxylic acids is 1. The quantitative estimate of drug-likeness (QED) is 0.658. The Kier molecular flexibility index (Phi) is 5.95. The molecule has 0 bridgehead atoms. The van der Waals surface area contributed by atoms with E-state index in [4.69, 9.17) is 14.9 Å². The lowest BCUT2D eigenvalue weighted by Gasteiger charge is -2.39. The molecule has 3 N–H and O–H groups in total. The zero-order valence-electron chi connectivity index (χ0n) is 12.3. The molecule has 1 aliphatic heterocycles. The summed E-state index contributed by atoms with van der Waals surface area (Å²) >= 11 is 0.